The average Bonchev–Trinajstić information content (AvgIpc) is 2.80. The standard InChI is InChI=1S/C16H32N2O2/c1-14(2)17-11-16(7-10-20-13-16)12-18(8-4-9-19)15-5-3-6-15/h14-15,17,19H,3-13H2,1-2H3. The molecule has 0 aromatic heterocycles. The van der Waals surface area contributed by atoms with E-state index >= 15 is 0 Å². The predicted molar refractivity (Wildman–Crippen MR) is 81.9 cm³/mol. The van der Waals surface area contributed by atoms with Crippen LogP contribution in [0.25, 0.3) is 0 Å². The highest BCUT2D eigenvalue weighted by atomic mass is 16.5. The molecule has 4 nitrogen and oxygen atoms in total. The molecule has 1 aliphatic heterocycles. The van der Waals surface area contributed by atoms with Gasteiger partial charge in [0.15, 0.2) is 0 Å². The summed E-state index contributed by atoms with van der Waals surface area (Å²) in [6, 6.07) is 1.28. The smallest absolute Gasteiger partial charge is 0.0547 e. The van der Waals surface area contributed by atoms with Gasteiger partial charge in [0.2, 0.25) is 0 Å². The van der Waals surface area contributed by atoms with Crippen LogP contribution in [0.3, 0.4) is 0 Å². The first-order chi connectivity index (χ1) is 9.65. The zero-order valence-electron chi connectivity index (χ0n) is 13.2. The second kappa shape index (κ2) is 7.74. The van der Waals surface area contributed by atoms with Crippen LogP contribution in [0, 0.1) is 5.41 Å². The van der Waals surface area contributed by atoms with Crippen LogP contribution in [-0.2, 0) is 4.74 Å². The van der Waals surface area contributed by atoms with E-state index in [1.165, 1.54) is 19.3 Å². The minimum absolute atomic E-state index is 0.273. The quantitative estimate of drug-likeness (QED) is 0.675. The van der Waals surface area contributed by atoms with Gasteiger partial charge in [0.1, 0.15) is 0 Å². The van der Waals surface area contributed by atoms with Crippen LogP contribution in [0.15, 0.2) is 0 Å². The zero-order chi connectivity index (χ0) is 14.4. The summed E-state index contributed by atoms with van der Waals surface area (Å²) in [4.78, 5) is 2.62. The Balaban J connectivity index is 1.92. The molecule has 1 atom stereocenters. The van der Waals surface area contributed by atoms with E-state index in [9.17, 15) is 0 Å². The number of rotatable bonds is 9. The number of aliphatic hydroxyl groups excluding tert-OH is 1. The van der Waals surface area contributed by atoms with Crippen LogP contribution in [0.2, 0.25) is 0 Å². The highest BCUT2D eigenvalue weighted by Crippen LogP contribution is 2.33. The Morgan fingerprint density at radius 2 is 2.20 bits per heavy atom. The largest absolute Gasteiger partial charge is 0.396 e. The molecule has 1 unspecified atom stereocenters. The Labute approximate surface area is 123 Å². The van der Waals surface area contributed by atoms with Crippen LogP contribution < -0.4 is 5.32 Å². The van der Waals surface area contributed by atoms with Crippen molar-refractivity contribution in [2.75, 3.05) is 39.5 Å². The highest BCUT2D eigenvalue weighted by molar-refractivity contribution is 4.92. The van der Waals surface area contributed by atoms with E-state index in [4.69, 9.17) is 9.84 Å². The first-order valence-corrected chi connectivity index (χ1v) is 8.31. The lowest BCUT2D eigenvalue weighted by Crippen LogP contribution is -2.51. The summed E-state index contributed by atoms with van der Waals surface area (Å²) in [6.07, 6.45) is 6.09. The van der Waals surface area contributed by atoms with E-state index in [1.807, 2.05) is 0 Å². The second-order valence-electron chi connectivity index (χ2n) is 6.97. The minimum atomic E-state index is 0.273. The van der Waals surface area contributed by atoms with Gasteiger partial charge in [-0.25, -0.2) is 0 Å². The fourth-order valence-electron chi connectivity index (χ4n) is 3.24. The summed E-state index contributed by atoms with van der Waals surface area (Å²) < 4.78 is 5.71. The van der Waals surface area contributed by atoms with E-state index in [0.29, 0.717) is 12.6 Å². The van der Waals surface area contributed by atoms with Crippen LogP contribution in [0.5, 0.6) is 0 Å². The fraction of sp³-hybridized carbons (Fsp3) is 1.00. The Bertz CT molecular complexity index is 274. The van der Waals surface area contributed by atoms with E-state index in [2.05, 4.69) is 24.1 Å². The van der Waals surface area contributed by atoms with E-state index in [-0.39, 0.29) is 5.41 Å². The lowest BCUT2D eigenvalue weighted by molar-refractivity contribution is 0.0515. The molecule has 1 heterocycles. The molecule has 20 heavy (non-hydrogen) atoms. The molecule has 2 aliphatic rings. The van der Waals surface area contributed by atoms with Crippen LogP contribution in [0.1, 0.15) is 46.0 Å². The van der Waals surface area contributed by atoms with Crippen molar-refractivity contribution in [2.45, 2.75) is 58.0 Å². The molecule has 1 saturated carbocycles. The van der Waals surface area contributed by atoms with Gasteiger partial charge in [-0.15, -0.1) is 0 Å². The molecule has 2 fully saturated rings. The van der Waals surface area contributed by atoms with Crippen molar-refractivity contribution in [3.63, 3.8) is 0 Å². The summed E-state index contributed by atoms with van der Waals surface area (Å²) in [7, 11) is 0. The molecule has 0 spiro atoms. The summed E-state index contributed by atoms with van der Waals surface area (Å²) >= 11 is 0. The lowest BCUT2D eigenvalue weighted by atomic mass is 9.83. The van der Waals surface area contributed by atoms with Crippen molar-refractivity contribution in [1.82, 2.24) is 10.2 Å². The van der Waals surface area contributed by atoms with Gasteiger partial charge in [0.05, 0.1) is 6.61 Å². The highest BCUT2D eigenvalue weighted by Gasteiger charge is 2.38. The fourth-order valence-corrected chi connectivity index (χ4v) is 3.24. The Morgan fingerprint density at radius 1 is 1.40 bits per heavy atom. The predicted octanol–water partition coefficient (Wildman–Crippen LogP) is 1.63. The van der Waals surface area contributed by atoms with Gasteiger partial charge in [0, 0.05) is 50.3 Å². The van der Waals surface area contributed by atoms with E-state index < -0.39 is 0 Å². The summed E-state index contributed by atoms with van der Waals surface area (Å²) in [6.45, 7) is 9.71. The van der Waals surface area contributed by atoms with Gasteiger partial charge >= 0.3 is 0 Å². The maximum atomic E-state index is 9.13. The maximum absolute atomic E-state index is 9.13. The van der Waals surface area contributed by atoms with Gasteiger partial charge in [0.25, 0.3) is 0 Å². The Hall–Kier alpha value is -0.160. The van der Waals surface area contributed by atoms with Crippen molar-refractivity contribution in [3.8, 4) is 0 Å². The third kappa shape index (κ3) is 4.42. The van der Waals surface area contributed by atoms with Crippen LogP contribution in [-0.4, -0.2) is 61.5 Å². The van der Waals surface area contributed by atoms with E-state index in [1.54, 1.807) is 0 Å². The molecule has 0 aromatic rings. The SMILES string of the molecule is CC(C)NCC1(CN(CCCO)C2CCC2)CCOC1. The molecule has 0 amide bonds. The van der Waals surface area contributed by atoms with Crippen LogP contribution in [0.4, 0.5) is 0 Å². The molecule has 2 rings (SSSR count). The first-order valence-electron chi connectivity index (χ1n) is 8.31. The van der Waals surface area contributed by atoms with E-state index in [0.717, 1.165) is 51.7 Å². The second-order valence-corrected chi connectivity index (χ2v) is 6.97. The van der Waals surface area contributed by atoms with Crippen molar-refractivity contribution in [2.24, 2.45) is 5.41 Å². The Morgan fingerprint density at radius 3 is 2.70 bits per heavy atom. The number of hydrogen-bond donors (Lipinski definition) is 2. The Kier molecular flexibility index (Phi) is 6.27. The zero-order valence-corrected chi connectivity index (χ0v) is 13.2. The molecule has 118 valence electrons. The van der Waals surface area contributed by atoms with Crippen molar-refractivity contribution in [1.29, 1.82) is 0 Å². The summed E-state index contributed by atoms with van der Waals surface area (Å²) in [5.41, 5.74) is 0.273. The number of nitrogens with one attached hydrogen (secondary N) is 1. The van der Waals surface area contributed by atoms with Crippen molar-refractivity contribution in [3.05, 3.63) is 0 Å². The van der Waals surface area contributed by atoms with Gasteiger partial charge in [-0.3, -0.25) is 4.90 Å². The van der Waals surface area contributed by atoms with Gasteiger partial charge < -0.3 is 15.2 Å². The average molecular weight is 284 g/mol. The number of hydrogen-bond acceptors (Lipinski definition) is 4. The molecule has 0 aromatic carbocycles. The molecule has 0 bridgehead atoms. The number of ether oxygens (including phenoxy) is 1. The van der Waals surface area contributed by atoms with Crippen molar-refractivity contribution < 1.29 is 9.84 Å². The van der Waals surface area contributed by atoms with Gasteiger partial charge in [-0.05, 0) is 25.7 Å². The molecule has 1 saturated heterocycles. The van der Waals surface area contributed by atoms with Crippen LogP contribution >= 0.6 is 0 Å². The monoisotopic (exact) mass is 284 g/mol. The molecular weight excluding hydrogens is 252 g/mol. The van der Waals surface area contributed by atoms with Gasteiger partial charge in [-0.2, -0.15) is 0 Å². The number of aliphatic hydroxyl groups is 1. The number of nitrogens with zero attached hydrogens (tertiary/aromatic N) is 1. The van der Waals surface area contributed by atoms with Crippen molar-refractivity contribution >= 4 is 0 Å². The lowest BCUT2D eigenvalue weighted by Gasteiger charge is -2.43. The molecule has 2 N–H and O–H groups in total. The first kappa shape index (κ1) is 16.2. The molecule has 4 heteroatoms. The third-order valence-corrected chi connectivity index (χ3v) is 4.80. The molecule has 1 aliphatic carbocycles. The third-order valence-electron chi connectivity index (χ3n) is 4.80. The maximum Gasteiger partial charge on any atom is 0.0547 e. The topological polar surface area (TPSA) is 44.7 Å². The summed E-state index contributed by atoms with van der Waals surface area (Å²) in [5.74, 6) is 0. The molecular formula is C16H32N2O2. The van der Waals surface area contributed by atoms with Gasteiger partial charge in [-0.1, -0.05) is 20.3 Å². The minimum Gasteiger partial charge on any atom is -0.396 e. The summed E-state index contributed by atoms with van der Waals surface area (Å²) in [5, 5.41) is 12.7. The molecule has 0 radical (unpaired) electrons. The normalized spacial score (nSPS) is 27.4.